The molecule has 4 nitrogen and oxygen atoms in total. The fraction of sp³-hybridized carbons (Fsp3) is 0.308. The molecule has 1 aromatic heterocycles. The van der Waals surface area contributed by atoms with E-state index in [1.54, 1.807) is 6.20 Å². The minimum Gasteiger partial charge on any atom is -0.330 e. The van der Waals surface area contributed by atoms with Gasteiger partial charge in [-0.15, -0.1) is 0 Å². The van der Waals surface area contributed by atoms with Crippen LogP contribution in [0.4, 0.5) is 0 Å². The van der Waals surface area contributed by atoms with Gasteiger partial charge in [0.1, 0.15) is 0 Å². The molecule has 4 N–H and O–H groups in total. The normalized spacial score (nSPS) is 17.0. The Kier molecular flexibility index (Phi) is 2.19. The lowest BCUT2D eigenvalue weighted by molar-refractivity contribution is 0.706. The maximum atomic E-state index is 11.2. The van der Waals surface area contributed by atoms with E-state index in [2.05, 4.69) is 16.0 Å². The Bertz CT molecular complexity index is 592. The van der Waals surface area contributed by atoms with Crippen LogP contribution in [0.2, 0.25) is 0 Å². The van der Waals surface area contributed by atoms with Gasteiger partial charge in [0.15, 0.2) is 0 Å². The van der Waals surface area contributed by atoms with E-state index in [-0.39, 0.29) is 11.1 Å². The summed E-state index contributed by atoms with van der Waals surface area (Å²) in [6, 6.07) is 8.15. The Labute approximate surface area is 98.9 Å². The van der Waals surface area contributed by atoms with Crippen LogP contribution in [0, 0.1) is 0 Å². The molecule has 0 amide bonds. The van der Waals surface area contributed by atoms with Gasteiger partial charge in [0.2, 0.25) is 0 Å². The first-order chi connectivity index (χ1) is 8.25. The molecule has 2 aromatic rings. The molecule has 1 heterocycles. The molecule has 4 heteroatoms. The molecule has 1 fully saturated rings. The third-order valence-electron chi connectivity index (χ3n) is 3.63. The minimum atomic E-state index is -0.174. The SMILES string of the molecule is NCC1(c2ccccc2-c2c[nH]c(=O)[nH]2)CC1. The molecule has 3 rings (SSSR count). The summed E-state index contributed by atoms with van der Waals surface area (Å²) in [6.07, 6.45) is 3.98. The van der Waals surface area contributed by atoms with Crippen LogP contribution in [0.25, 0.3) is 11.3 Å². The zero-order chi connectivity index (χ0) is 11.9. The quantitative estimate of drug-likeness (QED) is 0.743. The maximum Gasteiger partial charge on any atom is 0.323 e. The lowest BCUT2D eigenvalue weighted by atomic mass is 9.90. The molecule has 0 bridgehead atoms. The van der Waals surface area contributed by atoms with E-state index < -0.39 is 0 Å². The van der Waals surface area contributed by atoms with Gasteiger partial charge in [-0.25, -0.2) is 4.79 Å². The van der Waals surface area contributed by atoms with Crippen molar-refractivity contribution in [1.82, 2.24) is 9.97 Å². The van der Waals surface area contributed by atoms with Crippen LogP contribution >= 0.6 is 0 Å². The Morgan fingerprint density at radius 3 is 2.65 bits per heavy atom. The third-order valence-corrected chi connectivity index (χ3v) is 3.63. The van der Waals surface area contributed by atoms with Crippen LogP contribution in [0.3, 0.4) is 0 Å². The summed E-state index contributed by atoms with van der Waals surface area (Å²) in [6.45, 7) is 0.665. The summed E-state index contributed by atoms with van der Waals surface area (Å²) < 4.78 is 0. The van der Waals surface area contributed by atoms with Gasteiger partial charge in [-0.1, -0.05) is 24.3 Å². The van der Waals surface area contributed by atoms with E-state index in [4.69, 9.17) is 5.73 Å². The minimum absolute atomic E-state index is 0.130. The van der Waals surface area contributed by atoms with Crippen LogP contribution in [-0.2, 0) is 5.41 Å². The molecule has 0 unspecified atom stereocenters. The predicted molar refractivity (Wildman–Crippen MR) is 66.8 cm³/mol. The van der Waals surface area contributed by atoms with Gasteiger partial charge in [0.05, 0.1) is 5.69 Å². The Morgan fingerprint density at radius 1 is 1.29 bits per heavy atom. The fourth-order valence-electron chi connectivity index (χ4n) is 2.39. The largest absolute Gasteiger partial charge is 0.330 e. The number of hydrogen-bond acceptors (Lipinski definition) is 2. The van der Waals surface area contributed by atoms with Crippen molar-refractivity contribution in [2.45, 2.75) is 18.3 Å². The average molecular weight is 229 g/mol. The number of H-pyrrole nitrogens is 2. The third kappa shape index (κ3) is 1.61. The smallest absolute Gasteiger partial charge is 0.323 e. The van der Waals surface area contributed by atoms with Gasteiger partial charge in [-0.2, -0.15) is 0 Å². The number of imidazole rings is 1. The summed E-state index contributed by atoms with van der Waals surface area (Å²) in [7, 11) is 0. The fourth-order valence-corrected chi connectivity index (χ4v) is 2.39. The molecule has 1 aliphatic rings. The van der Waals surface area contributed by atoms with E-state index in [9.17, 15) is 4.79 Å². The standard InChI is InChI=1S/C13H15N3O/c14-8-13(5-6-13)10-4-2-1-3-9(10)11-7-15-12(17)16-11/h1-4,7H,5-6,8,14H2,(H2,15,16,17). The second-order valence-electron chi connectivity index (χ2n) is 4.69. The lowest BCUT2D eigenvalue weighted by Crippen LogP contribution is -2.20. The molecule has 1 saturated carbocycles. The van der Waals surface area contributed by atoms with Crippen LogP contribution in [0.5, 0.6) is 0 Å². The number of aromatic amines is 2. The van der Waals surface area contributed by atoms with Crippen LogP contribution in [0.1, 0.15) is 18.4 Å². The number of nitrogens with two attached hydrogens (primary N) is 1. The van der Waals surface area contributed by atoms with Crippen molar-refractivity contribution in [1.29, 1.82) is 0 Å². The molecule has 88 valence electrons. The number of benzene rings is 1. The topological polar surface area (TPSA) is 74.7 Å². The van der Waals surface area contributed by atoms with Crippen molar-refractivity contribution < 1.29 is 0 Å². The second-order valence-corrected chi connectivity index (χ2v) is 4.69. The molecule has 0 spiro atoms. The lowest BCUT2D eigenvalue weighted by Gasteiger charge is -2.16. The van der Waals surface area contributed by atoms with Crippen molar-refractivity contribution in [3.05, 3.63) is 46.5 Å². The molecule has 1 aliphatic carbocycles. The Morgan fingerprint density at radius 2 is 2.06 bits per heavy atom. The number of aromatic nitrogens is 2. The highest BCUT2D eigenvalue weighted by atomic mass is 16.1. The van der Waals surface area contributed by atoms with Crippen molar-refractivity contribution in [3.63, 3.8) is 0 Å². The molecule has 0 radical (unpaired) electrons. The van der Waals surface area contributed by atoms with E-state index in [0.717, 1.165) is 24.1 Å². The number of hydrogen-bond donors (Lipinski definition) is 3. The van der Waals surface area contributed by atoms with Crippen molar-refractivity contribution in [3.8, 4) is 11.3 Å². The van der Waals surface area contributed by atoms with Crippen molar-refractivity contribution >= 4 is 0 Å². The van der Waals surface area contributed by atoms with Crippen LogP contribution < -0.4 is 11.4 Å². The Hall–Kier alpha value is -1.81. The summed E-state index contributed by atoms with van der Waals surface area (Å²) in [5.74, 6) is 0. The average Bonchev–Trinajstić information content (AvgIpc) is 3.05. The molecule has 0 atom stereocenters. The van der Waals surface area contributed by atoms with E-state index in [0.29, 0.717) is 6.54 Å². The zero-order valence-electron chi connectivity index (χ0n) is 9.49. The van der Waals surface area contributed by atoms with Gasteiger partial charge in [0, 0.05) is 23.7 Å². The monoisotopic (exact) mass is 229 g/mol. The first kappa shape index (κ1) is 10.4. The number of nitrogens with one attached hydrogen (secondary N) is 2. The number of rotatable bonds is 3. The molecule has 0 aliphatic heterocycles. The van der Waals surface area contributed by atoms with E-state index in [1.807, 2.05) is 18.2 Å². The first-order valence-corrected chi connectivity index (χ1v) is 5.83. The van der Waals surface area contributed by atoms with Crippen LogP contribution in [0.15, 0.2) is 35.3 Å². The van der Waals surface area contributed by atoms with Gasteiger partial charge >= 0.3 is 5.69 Å². The highest BCUT2D eigenvalue weighted by Gasteiger charge is 2.44. The second kappa shape index (κ2) is 3.60. The molecular weight excluding hydrogens is 214 g/mol. The van der Waals surface area contributed by atoms with Crippen LogP contribution in [-0.4, -0.2) is 16.5 Å². The predicted octanol–water partition coefficient (Wildman–Crippen LogP) is 1.36. The molecular formula is C13H15N3O. The first-order valence-electron chi connectivity index (χ1n) is 5.83. The van der Waals surface area contributed by atoms with Gasteiger partial charge in [-0.3, -0.25) is 0 Å². The van der Waals surface area contributed by atoms with Gasteiger partial charge in [-0.05, 0) is 18.4 Å². The molecule has 0 saturated heterocycles. The molecule has 17 heavy (non-hydrogen) atoms. The molecule has 1 aromatic carbocycles. The van der Waals surface area contributed by atoms with E-state index in [1.165, 1.54) is 5.56 Å². The highest BCUT2D eigenvalue weighted by molar-refractivity contribution is 5.66. The summed E-state index contributed by atoms with van der Waals surface area (Å²) >= 11 is 0. The highest BCUT2D eigenvalue weighted by Crippen LogP contribution is 2.49. The maximum absolute atomic E-state index is 11.2. The summed E-state index contributed by atoms with van der Waals surface area (Å²) in [5.41, 5.74) is 8.99. The van der Waals surface area contributed by atoms with E-state index >= 15 is 0 Å². The van der Waals surface area contributed by atoms with Crippen molar-refractivity contribution in [2.24, 2.45) is 5.73 Å². The Balaban J connectivity index is 2.14. The van der Waals surface area contributed by atoms with Gasteiger partial charge in [0.25, 0.3) is 0 Å². The summed E-state index contributed by atoms with van der Waals surface area (Å²) in [4.78, 5) is 16.6. The zero-order valence-corrected chi connectivity index (χ0v) is 9.49. The van der Waals surface area contributed by atoms with Gasteiger partial charge < -0.3 is 15.7 Å². The van der Waals surface area contributed by atoms with Crippen molar-refractivity contribution in [2.75, 3.05) is 6.54 Å². The summed E-state index contributed by atoms with van der Waals surface area (Å²) in [5, 5.41) is 0.